The van der Waals surface area contributed by atoms with Gasteiger partial charge in [0.15, 0.2) is 0 Å². The van der Waals surface area contributed by atoms with Crippen LogP contribution in [0.2, 0.25) is 0 Å². The Labute approximate surface area is 152 Å². The zero-order valence-electron chi connectivity index (χ0n) is 14.9. The highest BCUT2D eigenvalue weighted by molar-refractivity contribution is 5.97. The summed E-state index contributed by atoms with van der Waals surface area (Å²) in [5, 5.41) is 3.25. The maximum atomic E-state index is 12.8. The number of nitrogens with zero attached hydrogens (tertiary/aromatic N) is 3. The van der Waals surface area contributed by atoms with E-state index in [1.165, 1.54) is 18.2 Å². The van der Waals surface area contributed by atoms with Gasteiger partial charge in [-0.15, -0.1) is 0 Å². The summed E-state index contributed by atoms with van der Waals surface area (Å²) in [6.45, 7) is 2.54. The Balaban J connectivity index is 1.74. The lowest BCUT2D eigenvalue weighted by molar-refractivity contribution is -0.151. The Bertz CT molecular complexity index is 660. The fourth-order valence-electron chi connectivity index (χ4n) is 3.55. The predicted molar refractivity (Wildman–Crippen MR) is 93.3 cm³/mol. The van der Waals surface area contributed by atoms with Gasteiger partial charge in [0.2, 0.25) is 5.91 Å². The molecule has 1 N–H and O–H groups in total. The fourth-order valence-corrected chi connectivity index (χ4v) is 3.55. The lowest BCUT2D eigenvalue weighted by Gasteiger charge is -2.41. The quantitative estimate of drug-likeness (QED) is 0.758. The van der Waals surface area contributed by atoms with Gasteiger partial charge in [0.05, 0.1) is 19.2 Å². The molecule has 2 fully saturated rings. The lowest BCUT2D eigenvalue weighted by atomic mass is 9.95. The molecule has 0 saturated carbocycles. The minimum Gasteiger partial charge on any atom is -0.467 e. The monoisotopic (exact) mass is 360 g/mol. The second-order valence-corrected chi connectivity index (χ2v) is 6.59. The van der Waals surface area contributed by atoms with E-state index in [4.69, 9.17) is 4.74 Å². The number of hydrogen-bond acceptors (Lipinski definition) is 6. The molecule has 2 amide bonds. The summed E-state index contributed by atoms with van der Waals surface area (Å²) < 4.78 is 4.88. The summed E-state index contributed by atoms with van der Waals surface area (Å²) >= 11 is 0. The highest BCUT2D eigenvalue weighted by Gasteiger charge is 2.39. The minimum absolute atomic E-state index is 0.0184. The molecule has 0 spiro atoms. The van der Waals surface area contributed by atoms with E-state index in [0.717, 1.165) is 25.9 Å². The van der Waals surface area contributed by atoms with Crippen molar-refractivity contribution in [2.45, 2.75) is 18.9 Å². The first kappa shape index (κ1) is 18.3. The van der Waals surface area contributed by atoms with E-state index in [-0.39, 0.29) is 24.3 Å². The Morgan fingerprint density at radius 3 is 2.65 bits per heavy atom. The summed E-state index contributed by atoms with van der Waals surface area (Å²) in [6, 6.07) is 2.54. The highest BCUT2D eigenvalue weighted by atomic mass is 16.5. The van der Waals surface area contributed by atoms with Gasteiger partial charge in [0, 0.05) is 31.4 Å². The number of hydrogen-bond donors (Lipinski definition) is 1. The van der Waals surface area contributed by atoms with Crippen molar-refractivity contribution < 1.29 is 19.1 Å². The van der Waals surface area contributed by atoms with Gasteiger partial charge >= 0.3 is 5.97 Å². The molecule has 1 atom stereocenters. The molecule has 0 unspecified atom stereocenters. The van der Waals surface area contributed by atoms with E-state index in [9.17, 15) is 14.4 Å². The number of esters is 1. The van der Waals surface area contributed by atoms with Crippen LogP contribution >= 0.6 is 0 Å². The number of rotatable bonds is 3. The summed E-state index contributed by atoms with van der Waals surface area (Å²) in [6.07, 6.45) is 4.67. The minimum atomic E-state index is -0.799. The number of piperazine rings is 1. The Kier molecular flexibility index (Phi) is 5.82. The third kappa shape index (κ3) is 3.85. The smallest absolute Gasteiger partial charge is 0.330 e. The summed E-state index contributed by atoms with van der Waals surface area (Å²) in [4.78, 5) is 45.0. The topological polar surface area (TPSA) is 91.8 Å². The number of piperidine rings is 1. The number of nitrogens with one attached hydrogen (secondary N) is 1. The van der Waals surface area contributed by atoms with Crippen LogP contribution in [0.3, 0.4) is 0 Å². The van der Waals surface area contributed by atoms with Crippen LogP contribution in [0.5, 0.6) is 0 Å². The number of carbonyl (C=O) groups is 3. The third-order valence-corrected chi connectivity index (χ3v) is 5.02. The molecular formula is C18H24N4O4. The SMILES string of the molecule is COC(=O)[C@@H]1CN(C(=O)C2CCNCC2)CCN1C(=O)c1cccnc1. The maximum Gasteiger partial charge on any atom is 0.330 e. The summed E-state index contributed by atoms with van der Waals surface area (Å²) in [5.41, 5.74) is 0.416. The molecule has 140 valence electrons. The number of ether oxygens (including phenoxy) is 1. The first-order valence-corrected chi connectivity index (χ1v) is 8.90. The molecule has 2 saturated heterocycles. The molecule has 2 aliphatic heterocycles. The second-order valence-electron chi connectivity index (χ2n) is 6.59. The van der Waals surface area contributed by atoms with Gasteiger partial charge in [-0.25, -0.2) is 4.79 Å². The first-order chi connectivity index (χ1) is 12.6. The van der Waals surface area contributed by atoms with Crippen molar-refractivity contribution in [1.29, 1.82) is 0 Å². The van der Waals surface area contributed by atoms with Crippen LogP contribution in [0, 0.1) is 5.92 Å². The zero-order chi connectivity index (χ0) is 18.5. The molecule has 3 rings (SSSR count). The predicted octanol–water partition coefficient (Wildman–Crippen LogP) is -0.0928. The lowest BCUT2D eigenvalue weighted by Crippen LogP contribution is -2.60. The molecule has 2 aliphatic rings. The van der Waals surface area contributed by atoms with E-state index in [2.05, 4.69) is 10.3 Å². The van der Waals surface area contributed by atoms with Crippen LogP contribution in [-0.4, -0.2) is 78.4 Å². The molecule has 1 aromatic heterocycles. The molecule has 0 aromatic carbocycles. The van der Waals surface area contributed by atoms with Crippen molar-refractivity contribution in [3.63, 3.8) is 0 Å². The highest BCUT2D eigenvalue weighted by Crippen LogP contribution is 2.20. The van der Waals surface area contributed by atoms with Crippen LogP contribution in [0.15, 0.2) is 24.5 Å². The summed E-state index contributed by atoms with van der Waals surface area (Å²) in [5.74, 6) is -0.739. The van der Waals surface area contributed by atoms with Gasteiger partial charge < -0.3 is 19.9 Å². The molecule has 8 nitrogen and oxygen atoms in total. The fraction of sp³-hybridized carbons (Fsp3) is 0.556. The molecular weight excluding hydrogens is 336 g/mol. The number of methoxy groups -OCH3 is 1. The van der Waals surface area contributed by atoms with Gasteiger partial charge in [0.1, 0.15) is 6.04 Å². The Hall–Kier alpha value is -2.48. The number of aromatic nitrogens is 1. The van der Waals surface area contributed by atoms with Gasteiger partial charge in [-0.05, 0) is 38.1 Å². The van der Waals surface area contributed by atoms with Crippen LogP contribution < -0.4 is 5.32 Å². The zero-order valence-corrected chi connectivity index (χ0v) is 14.9. The molecule has 0 radical (unpaired) electrons. The summed E-state index contributed by atoms with van der Waals surface area (Å²) in [7, 11) is 1.29. The van der Waals surface area contributed by atoms with E-state index < -0.39 is 12.0 Å². The van der Waals surface area contributed by atoms with Gasteiger partial charge in [-0.1, -0.05) is 0 Å². The van der Waals surface area contributed by atoms with Crippen LogP contribution in [0.1, 0.15) is 23.2 Å². The van der Waals surface area contributed by atoms with Crippen molar-refractivity contribution in [3.05, 3.63) is 30.1 Å². The van der Waals surface area contributed by atoms with E-state index in [1.54, 1.807) is 23.2 Å². The van der Waals surface area contributed by atoms with Crippen LogP contribution in [-0.2, 0) is 14.3 Å². The average Bonchev–Trinajstić information content (AvgIpc) is 2.73. The Morgan fingerprint density at radius 2 is 2.00 bits per heavy atom. The molecule has 0 aliphatic carbocycles. The normalized spacial score (nSPS) is 21.3. The van der Waals surface area contributed by atoms with Gasteiger partial charge in [0.25, 0.3) is 5.91 Å². The molecule has 8 heteroatoms. The first-order valence-electron chi connectivity index (χ1n) is 8.90. The van der Waals surface area contributed by atoms with Gasteiger partial charge in [-0.3, -0.25) is 14.6 Å². The van der Waals surface area contributed by atoms with Crippen LogP contribution in [0.4, 0.5) is 0 Å². The van der Waals surface area contributed by atoms with E-state index in [1.807, 2.05) is 0 Å². The third-order valence-electron chi connectivity index (χ3n) is 5.02. The molecule has 3 heterocycles. The maximum absolute atomic E-state index is 12.8. The van der Waals surface area contributed by atoms with E-state index in [0.29, 0.717) is 18.7 Å². The number of pyridine rings is 1. The molecule has 0 bridgehead atoms. The van der Waals surface area contributed by atoms with E-state index >= 15 is 0 Å². The molecule has 1 aromatic rings. The number of amides is 2. The van der Waals surface area contributed by atoms with Gasteiger partial charge in [-0.2, -0.15) is 0 Å². The van der Waals surface area contributed by atoms with Crippen molar-refractivity contribution in [2.75, 3.05) is 39.8 Å². The van der Waals surface area contributed by atoms with Crippen molar-refractivity contribution >= 4 is 17.8 Å². The Morgan fingerprint density at radius 1 is 1.23 bits per heavy atom. The molecule has 26 heavy (non-hydrogen) atoms. The number of carbonyl (C=O) groups excluding carboxylic acids is 3. The second kappa shape index (κ2) is 8.27. The largest absolute Gasteiger partial charge is 0.467 e. The van der Waals surface area contributed by atoms with Crippen LogP contribution in [0.25, 0.3) is 0 Å². The van der Waals surface area contributed by atoms with Crippen molar-refractivity contribution in [3.8, 4) is 0 Å². The van der Waals surface area contributed by atoms with Crippen molar-refractivity contribution in [1.82, 2.24) is 20.1 Å². The average molecular weight is 360 g/mol. The van der Waals surface area contributed by atoms with Crippen molar-refractivity contribution in [2.24, 2.45) is 5.92 Å². The standard InChI is InChI=1S/C18H24N4O4/c1-26-18(25)15-12-21(16(23)13-4-7-19-8-5-13)9-10-22(15)17(24)14-3-2-6-20-11-14/h2-3,6,11,13,15,19H,4-5,7-10,12H2,1H3/t15-/m0/s1.